The summed E-state index contributed by atoms with van der Waals surface area (Å²) in [5.74, 6) is 0.763. The van der Waals surface area contributed by atoms with E-state index < -0.39 is 80.7 Å². The molecular formula is C29H35N8O13P. The van der Waals surface area contributed by atoms with E-state index in [0.29, 0.717) is 17.1 Å². The lowest BCUT2D eigenvalue weighted by Crippen LogP contribution is -2.36. The van der Waals surface area contributed by atoms with Crippen molar-refractivity contribution in [1.29, 1.82) is 0 Å². The number of aliphatic hydroxyl groups is 2. The van der Waals surface area contributed by atoms with Crippen molar-refractivity contribution in [3.8, 4) is 11.5 Å². The SMILES string of the molecule is COC1[C@@H](O)[C@@H](COP(=O)(NCc2cccc3c2OCO3)O[C@@H]2C[C@H](n3cc(C)c(=O)[nH]c3=O)O[C@@H]2CO)O[C@H]1n1cnc2c(=O)[nH]c(N)nc21. The van der Waals surface area contributed by atoms with Crippen molar-refractivity contribution in [3.63, 3.8) is 0 Å². The number of imidazole rings is 1. The lowest BCUT2D eigenvalue weighted by molar-refractivity contribution is -0.0600. The number of hydrogen-bond donors (Lipinski definition) is 6. The molecule has 4 aromatic rings. The number of para-hydroxylation sites is 1. The molecule has 7 rings (SSSR count). The highest BCUT2D eigenvalue weighted by Gasteiger charge is 2.48. The van der Waals surface area contributed by atoms with Crippen LogP contribution >= 0.6 is 7.75 Å². The lowest BCUT2D eigenvalue weighted by atomic mass is 10.1. The molecule has 0 bridgehead atoms. The summed E-state index contributed by atoms with van der Waals surface area (Å²) < 4.78 is 57.6. The molecule has 0 spiro atoms. The topological polar surface area (TPSA) is 279 Å². The van der Waals surface area contributed by atoms with E-state index in [-0.39, 0.29) is 42.4 Å². The maximum atomic E-state index is 14.6. The molecule has 3 aliphatic rings. The predicted octanol–water partition coefficient (Wildman–Crippen LogP) is -0.858. The number of aliphatic hydroxyl groups excluding tert-OH is 2. The van der Waals surface area contributed by atoms with E-state index in [1.807, 2.05) is 0 Å². The summed E-state index contributed by atoms with van der Waals surface area (Å²) in [5.41, 5.74) is 4.75. The molecule has 21 nitrogen and oxygen atoms in total. The minimum Gasteiger partial charge on any atom is -0.454 e. The number of hydrogen-bond acceptors (Lipinski definition) is 16. The molecule has 0 radical (unpaired) electrons. The van der Waals surface area contributed by atoms with Gasteiger partial charge < -0.3 is 39.6 Å². The van der Waals surface area contributed by atoms with Gasteiger partial charge in [0.25, 0.3) is 11.1 Å². The molecule has 0 amide bonds. The van der Waals surface area contributed by atoms with Gasteiger partial charge in [-0.2, -0.15) is 4.98 Å². The number of aryl methyl sites for hydroxylation is 1. The maximum absolute atomic E-state index is 14.6. The summed E-state index contributed by atoms with van der Waals surface area (Å²) in [6.45, 7) is 0.347. The third kappa shape index (κ3) is 6.70. The second kappa shape index (κ2) is 13.9. The first kappa shape index (κ1) is 35.0. The molecule has 3 aromatic heterocycles. The fraction of sp³-hybridized carbons (Fsp3) is 0.483. The quantitative estimate of drug-likeness (QED) is 0.0966. The highest BCUT2D eigenvalue weighted by Crippen LogP contribution is 2.50. The van der Waals surface area contributed by atoms with E-state index in [4.69, 9.17) is 38.5 Å². The van der Waals surface area contributed by atoms with E-state index in [1.165, 1.54) is 31.1 Å². The van der Waals surface area contributed by atoms with Crippen LogP contribution in [-0.2, 0) is 34.4 Å². The number of aromatic amines is 2. The molecule has 7 N–H and O–H groups in total. The number of methoxy groups -OCH3 is 1. The van der Waals surface area contributed by atoms with Crippen LogP contribution in [0.1, 0.15) is 30.0 Å². The molecule has 0 saturated carbocycles. The van der Waals surface area contributed by atoms with Gasteiger partial charge in [0.2, 0.25) is 12.7 Å². The third-order valence-electron chi connectivity index (χ3n) is 8.75. The van der Waals surface area contributed by atoms with Crippen LogP contribution in [-0.4, -0.2) is 96.9 Å². The van der Waals surface area contributed by atoms with Gasteiger partial charge in [0.15, 0.2) is 28.9 Å². The smallest absolute Gasteiger partial charge is 0.406 e. The fourth-order valence-corrected chi connectivity index (χ4v) is 7.70. The molecular weight excluding hydrogens is 699 g/mol. The number of benzene rings is 1. The van der Waals surface area contributed by atoms with Gasteiger partial charge in [-0.3, -0.25) is 37.7 Å². The van der Waals surface area contributed by atoms with Crippen molar-refractivity contribution < 1.29 is 47.5 Å². The average Bonchev–Trinajstić information content (AvgIpc) is 3.90. The van der Waals surface area contributed by atoms with Crippen molar-refractivity contribution >= 4 is 24.9 Å². The number of rotatable bonds is 12. The van der Waals surface area contributed by atoms with Gasteiger partial charge in [0.1, 0.15) is 36.7 Å². The lowest BCUT2D eigenvalue weighted by Gasteiger charge is -2.26. The highest BCUT2D eigenvalue weighted by molar-refractivity contribution is 7.51. The molecule has 1 aromatic carbocycles. The zero-order valence-corrected chi connectivity index (χ0v) is 28.1. The maximum Gasteiger partial charge on any atom is 0.406 e. The van der Waals surface area contributed by atoms with Crippen LogP contribution in [0.2, 0.25) is 0 Å². The Bertz CT molecular complexity index is 2150. The van der Waals surface area contributed by atoms with Crippen LogP contribution in [0.3, 0.4) is 0 Å². The molecule has 0 aliphatic carbocycles. The number of nitrogens with two attached hydrogens (primary N) is 1. The van der Waals surface area contributed by atoms with E-state index in [0.717, 1.165) is 4.57 Å². The molecule has 22 heteroatoms. The van der Waals surface area contributed by atoms with Gasteiger partial charge in [-0.25, -0.2) is 19.4 Å². The van der Waals surface area contributed by atoms with E-state index in [1.54, 1.807) is 18.2 Å². The van der Waals surface area contributed by atoms with Gasteiger partial charge in [0, 0.05) is 37.4 Å². The van der Waals surface area contributed by atoms with Crippen LogP contribution in [0.5, 0.6) is 11.5 Å². The van der Waals surface area contributed by atoms with Crippen molar-refractivity contribution in [2.75, 3.05) is 32.9 Å². The van der Waals surface area contributed by atoms with Gasteiger partial charge >= 0.3 is 13.4 Å². The summed E-state index contributed by atoms with van der Waals surface area (Å²) in [4.78, 5) is 49.7. The summed E-state index contributed by atoms with van der Waals surface area (Å²) >= 11 is 0. The Hall–Kier alpha value is -4.44. The molecule has 8 atom stereocenters. The Kier molecular flexibility index (Phi) is 9.56. The molecule has 51 heavy (non-hydrogen) atoms. The normalized spacial score (nSPS) is 26.9. The van der Waals surface area contributed by atoms with Crippen molar-refractivity contribution in [2.45, 2.75) is 62.9 Å². The first-order chi connectivity index (χ1) is 24.5. The monoisotopic (exact) mass is 734 g/mol. The molecule has 6 heterocycles. The largest absolute Gasteiger partial charge is 0.454 e. The molecule has 2 unspecified atom stereocenters. The van der Waals surface area contributed by atoms with Crippen molar-refractivity contribution in [1.82, 2.24) is 34.2 Å². The van der Waals surface area contributed by atoms with Gasteiger partial charge in [-0.15, -0.1) is 0 Å². The number of H-pyrrole nitrogens is 2. The molecule has 2 fully saturated rings. The summed E-state index contributed by atoms with van der Waals surface area (Å²) in [5, 5.41) is 24.2. The van der Waals surface area contributed by atoms with Crippen LogP contribution in [0.15, 0.2) is 45.1 Å². The minimum absolute atomic E-state index is 0.00101. The first-order valence-electron chi connectivity index (χ1n) is 15.7. The Labute approximate surface area is 286 Å². The molecule has 2 saturated heterocycles. The second-order valence-corrected chi connectivity index (χ2v) is 13.8. The van der Waals surface area contributed by atoms with Crippen LogP contribution in [0.25, 0.3) is 11.2 Å². The average molecular weight is 735 g/mol. The standard InChI is InChI=1S/C29H35N8O13P/c1-13-8-36(29(42)35-25(13)40)19-6-16(17(9-38)48-19)50-51(43,32-7-14-4-3-5-15-22(14)46-12-45-15)47-10-18-21(39)23(44-2)27(49-18)37-11-31-20-24(37)33-28(30)34-26(20)41/h3-5,8,11,16-19,21,23,27,38-39H,6-7,9-10,12H2,1-2H3,(H,32,43)(H,35,40,42)(H3,30,33,34,41)/t16-,17-,18-,19-,21+,23?,27-,51?/m1/s1. The second-order valence-electron chi connectivity index (χ2n) is 12.0. The minimum atomic E-state index is -4.40. The number of fused-ring (bicyclic) bond motifs is 2. The van der Waals surface area contributed by atoms with Crippen molar-refractivity contribution in [2.24, 2.45) is 0 Å². The number of nitrogen functional groups attached to an aromatic ring is 1. The number of aromatic nitrogens is 6. The third-order valence-corrected chi connectivity index (χ3v) is 10.3. The summed E-state index contributed by atoms with van der Waals surface area (Å²) in [7, 11) is -3.06. The van der Waals surface area contributed by atoms with Gasteiger partial charge in [-0.05, 0) is 13.0 Å². The number of nitrogens with zero attached hydrogens (tertiary/aromatic N) is 4. The first-order valence-corrected chi connectivity index (χ1v) is 17.3. The number of ether oxygens (including phenoxy) is 5. The summed E-state index contributed by atoms with van der Waals surface area (Å²) in [6, 6.07) is 5.16. The Morgan fingerprint density at radius 1 is 1.14 bits per heavy atom. The Balaban J connectivity index is 1.13. The van der Waals surface area contributed by atoms with Gasteiger partial charge in [-0.1, -0.05) is 12.1 Å². The highest BCUT2D eigenvalue weighted by atomic mass is 31.2. The molecule has 3 aliphatic heterocycles. The van der Waals surface area contributed by atoms with Crippen LogP contribution < -0.4 is 37.1 Å². The van der Waals surface area contributed by atoms with Crippen LogP contribution in [0, 0.1) is 6.92 Å². The van der Waals surface area contributed by atoms with E-state index in [2.05, 4.69) is 25.0 Å². The number of nitrogens with one attached hydrogen (secondary N) is 3. The van der Waals surface area contributed by atoms with Gasteiger partial charge in [0.05, 0.1) is 19.5 Å². The van der Waals surface area contributed by atoms with Crippen LogP contribution in [0.4, 0.5) is 5.95 Å². The van der Waals surface area contributed by atoms with E-state index >= 15 is 0 Å². The van der Waals surface area contributed by atoms with E-state index in [9.17, 15) is 29.2 Å². The predicted molar refractivity (Wildman–Crippen MR) is 173 cm³/mol. The molecule has 274 valence electrons. The number of anilines is 1. The van der Waals surface area contributed by atoms with Crippen molar-refractivity contribution in [3.05, 3.63) is 73.0 Å². The Morgan fingerprint density at radius 3 is 2.75 bits per heavy atom. The zero-order chi connectivity index (χ0) is 36.0. The fourth-order valence-electron chi connectivity index (χ4n) is 6.19. The Morgan fingerprint density at radius 2 is 1.96 bits per heavy atom. The zero-order valence-electron chi connectivity index (χ0n) is 27.2. The summed E-state index contributed by atoms with van der Waals surface area (Å²) in [6.07, 6.45) is -5.16.